The monoisotopic (exact) mass is 245 g/mol. The molecule has 2 aliphatic heterocycles. The number of anilines is 2. The standard InChI is InChI=1S/C14H19N3O/c1-10-2-3-11(8-13(10)15)16-6-7-17-12(9-16)4-5-14(17)18/h2-3,8,12H,4-7,9,15H2,1H3. The Balaban J connectivity index is 1.78. The first kappa shape index (κ1) is 11.4. The van der Waals surface area contributed by atoms with Crippen LogP contribution in [0, 0.1) is 6.92 Å². The molecule has 1 amide bonds. The van der Waals surface area contributed by atoms with E-state index in [1.54, 1.807) is 0 Å². The minimum Gasteiger partial charge on any atom is -0.398 e. The van der Waals surface area contributed by atoms with E-state index < -0.39 is 0 Å². The molecule has 0 radical (unpaired) electrons. The molecule has 1 aromatic carbocycles. The van der Waals surface area contributed by atoms with Gasteiger partial charge in [0.15, 0.2) is 0 Å². The molecule has 0 aliphatic carbocycles. The number of hydrogen-bond acceptors (Lipinski definition) is 3. The fourth-order valence-corrected chi connectivity index (χ4v) is 2.92. The maximum Gasteiger partial charge on any atom is 0.223 e. The van der Waals surface area contributed by atoms with Crippen LogP contribution < -0.4 is 10.6 Å². The highest BCUT2D eigenvalue weighted by molar-refractivity contribution is 5.79. The normalized spacial score (nSPS) is 23.4. The van der Waals surface area contributed by atoms with Crippen LogP contribution in [0.15, 0.2) is 18.2 Å². The molecule has 2 saturated heterocycles. The highest BCUT2D eigenvalue weighted by Gasteiger charge is 2.35. The number of piperazine rings is 1. The molecule has 2 N–H and O–H groups in total. The van der Waals surface area contributed by atoms with Gasteiger partial charge in [-0.05, 0) is 31.0 Å². The van der Waals surface area contributed by atoms with Crippen LogP contribution in [0.25, 0.3) is 0 Å². The van der Waals surface area contributed by atoms with Gasteiger partial charge in [0.25, 0.3) is 0 Å². The molecule has 18 heavy (non-hydrogen) atoms. The van der Waals surface area contributed by atoms with Gasteiger partial charge < -0.3 is 15.5 Å². The van der Waals surface area contributed by atoms with Crippen molar-refractivity contribution in [3.8, 4) is 0 Å². The maximum absolute atomic E-state index is 11.6. The van der Waals surface area contributed by atoms with Gasteiger partial charge in [-0.15, -0.1) is 0 Å². The lowest BCUT2D eigenvalue weighted by molar-refractivity contribution is -0.129. The Morgan fingerprint density at radius 1 is 1.33 bits per heavy atom. The Morgan fingerprint density at radius 2 is 2.17 bits per heavy atom. The van der Waals surface area contributed by atoms with Gasteiger partial charge in [0, 0.05) is 43.5 Å². The Morgan fingerprint density at radius 3 is 2.94 bits per heavy atom. The van der Waals surface area contributed by atoms with Gasteiger partial charge in [0.1, 0.15) is 0 Å². The van der Waals surface area contributed by atoms with E-state index in [2.05, 4.69) is 17.0 Å². The Kier molecular flexibility index (Phi) is 2.65. The first-order valence-electron chi connectivity index (χ1n) is 6.55. The number of aryl methyl sites for hydroxylation is 1. The SMILES string of the molecule is Cc1ccc(N2CCN3C(=O)CCC3C2)cc1N. The first-order chi connectivity index (χ1) is 8.65. The number of carbonyl (C=O) groups is 1. The predicted octanol–water partition coefficient (Wildman–Crippen LogP) is 1.39. The number of nitrogen functional groups attached to an aromatic ring is 1. The van der Waals surface area contributed by atoms with Gasteiger partial charge in [-0.1, -0.05) is 6.07 Å². The lowest BCUT2D eigenvalue weighted by Gasteiger charge is -2.39. The molecule has 1 unspecified atom stereocenters. The quantitative estimate of drug-likeness (QED) is 0.761. The van der Waals surface area contributed by atoms with E-state index >= 15 is 0 Å². The molecule has 96 valence electrons. The smallest absolute Gasteiger partial charge is 0.223 e. The molecule has 4 nitrogen and oxygen atoms in total. The van der Waals surface area contributed by atoms with E-state index in [1.165, 1.54) is 5.69 Å². The maximum atomic E-state index is 11.6. The zero-order valence-electron chi connectivity index (χ0n) is 10.7. The van der Waals surface area contributed by atoms with Gasteiger partial charge >= 0.3 is 0 Å². The molecule has 0 bridgehead atoms. The van der Waals surface area contributed by atoms with E-state index in [9.17, 15) is 4.79 Å². The third-order valence-electron chi connectivity index (χ3n) is 4.12. The zero-order valence-corrected chi connectivity index (χ0v) is 10.7. The van der Waals surface area contributed by atoms with Crippen molar-refractivity contribution in [3.63, 3.8) is 0 Å². The van der Waals surface area contributed by atoms with Crippen LogP contribution in [0.4, 0.5) is 11.4 Å². The van der Waals surface area contributed by atoms with Crippen LogP contribution in [0.1, 0.15) is 18.4 Å². The summed E-state index contributed by atoms with van der Waals surface area (Å²) in [5.74, 6) is 0.322. The minimum absolute atomic E-state index is 0.322. The number of nitrogens with two attached hydrogens (primary N) is 1. The summed E-state index contributed by atoms with van der Waals surface area (Å²) in [7, 11) is 0. The number of hydrogen-bond donors (Lipinski definition) is 1. The van der Waals surface area contributed by atoms with Crippen LogP contribution >= 0.6 is 0 Å². The average Bonchev–Trinajstić information content (AvgIpc) is 2.74. The van der Waals surface area contributed by atoms with Crippen molar-refractivity contribution in [2.24, 2.45) is 0 Å². The van der Waals surface area contributed by atoms with Gasteiger partial charge in [-0.25, -0.2) is 0 Å². The summed E-state index contributed by atoms with van der Waals surface area (Å²) < 4.78 is 0. The molecule has 2 fully saturated rings. The number of rotatable bonds is 1. The lowest BCUT2D eigenvalue weighted by atomic mass is 10.1. The number of amides is 1. The predicted molar refractivity (Wildman–Crippen MR) is 72.5 cm³/mol. The lowest BCUT2D eigenvalue weighted by Crippen LogP contribution is -2.51. The van der Waals surface area contributed by atoms with E-state index in [1.807, 2.05) is 17.9 Å². The van der Waals surface area contributed by atoms with Crippen molar-refractivity contribution in [2.45, 2.75) is 25.8 Å². The first-order valence-corrected chi connectivity index (χ1v) is 6.55. The summed E-state index contributed by atoms with van der Waals surface area (Å²) in [6, 6.07) is 6.63. The number of carbonyl (C=O) groups excluding carboxylic acids is 1. The zero-order chi connectivity index (χ0) is 12.7. The summed E-state index contributed by atoms with van der Waals surface area (Å²) in [5, 5.41) is 0. The van der Waals surface area contributed by atoms with E-state index in [0.29, 0.717) is 18.4 Å². The molecule has 4 heteroatoms. The average molecular weight is 245 g/mol. The van der Waals surface area contributed by atoms with Crippen molar-refractivity contribution >= 4 is 17.3 Å². The van der Waals surface area contributed by atoms with E-state index in [0.717, 1.165) is 37.3 Å². The second-order valence-corrected chi connectivity index (χ2v) is 5.27. The van der Waals surface area contributed by atoms with Crippen LogP contribution in [-0.2, 0) is 4.79 Å². The topological polar surface area (TPSA) is 49.6 Å². The Labute approximate surface area is 107 Å². The third-order valence-corrected chi connectivity index (χ3v) is 4.12. The number of benzene rings is 1. The molecule has 3 rings (SSSR count). The van der Waals surface area contributed by atoms with Gasteiger partial charge in [0.2, 0.25) is 5.91 Å². The van der Waals surface area contributed by atoms with Crippen molar-refractivity contribution in [1.29, 1.82) is 0 Å². The fourth-order valence-electron chi connectivity index (χ4n) is 2.92. The molecular formula is C14H19N3O. The molecule has 0 aromatic heterocycles. The van der Waals surface area contributed by atoms with Crippen molar-refractivity contribution in [2.75, 3.05) is 30.3 Å². The Bertz CT molecular complexity index is 486. The van der Waals surface area contributed by atoms with Crippen LogP contribution in [-0.4, -0.2) is 36.5 Å². The molecule has 0 saturated carbocycles. The van der Waals surface area contributed by atoms with Crippen molar-refractivity contribution in [1.82, 2.24) is 4.90 Å². The van der Waals surface area contributed by atoms with Crippen molar-refractivity contribution < 1.29 is 4.79 Å². The number of nitrogens with zero attached hydrogens (tertiary/aromatic N) is 2. The van der Waals surface area contributed by atoms with Crippen LogP contribution in [0.3, 0.4) is 0 Å². The number of fused-ring (bicyclic) bond motifs is 1. The van der Waals surface area contributed by atoms with E-state index in [-0.39, 0.29) is 0 Å². The summed E-state index contributed by atoms with van der Waals surface area (Å²) in [5.41, 5.74) is 9.11. The highest BCUT2D eigenvalue weighted by Crippen LogP contribution is 2.27. The molecule has 2 aliphatic rings. The molecule has 1 atom stereocenters. The summed E-state index contributed by atoms with van der Waals surface area (Å²) in [6.07, 6.45) is 1.71. The minimum atomic E-state index is 0.322. The molecule has 1 aromatic rings. The van der Waals surface area contributed by atoms with Gasteiger partial charge in [-0.2, -0.15) is 0 Å². The third kappa shape index (κ3) is 1.82. The summed E-state index contributed by atoms with van der Waals surface area (Å²) in [6.45, 7) is 4.71. The van der Waals surface area contributed by atoms with Crippen LogP contribution in [0.5, 0.6) is 0 Å². The second kappa shape index (κ2) is 4.19. The molecular weight excluding hydrogens is 226 g/mol. The fraction of sp³-hybridized carbons (Fsp3) is 0.500. The van der Waals surface area contributed by atoms with Crippen LogP contribution in [0.2, 0.25) is 0 Å². The van der Waals surface area contributed by atoms with Gasteiger partial charge in [0.05, 0.1) is 0 Å². The molecule has 0 spiro atoms. The second-order valence-electron chi connectivity index (χ2n) is 5.27. The van der Waals surface area contributed by atoms with Gasteiger partial charge in [-0.3, -0.25) is 4.79 Å². The summed E-state index contributed by atoms with van der Waals surface area (Å²) >= 11 is 0. The largest absolute Gasteiger partial charge is 0.398 e. The van der Waals surface area contributed by atoms with Crippen molar-refractivity contribution in [3.05, 3.63) is 23.8 Å². The van der Waals surface area contributed by atoms with E-state index in [4.69, 9.17) is 5.73 Å². The summed E-state index contributed by atoms with van der Waals surface area (Å²) in [4.78, 5) is 16.0. The molecule has 2 heterocycles. The Hall–Kier alpha value is -1.71. The highest BCUT2D eigenvalue weighted by atomic mass is 16.2.